The summed E-state index contributed by atoms with van der Waals surface area (Å²) in [5.41, 5.74) is 6.87. The molecule has 0 saturated carbocycles. The van der Waals surface area contributed by atoms with Crippen LogP contribution in [0.25, 0.3) is 0 Å². The summed E-state index contributed by atoms with van der Waals surface area (Å²) in [7, 11) is 0. The third kappa shape index (κ3) is 2.56. The van der Waals surface area contributed by atoms with E-state index >= 15 is 0 Å². The molecule has 0 radical (unpaired) electrons. The van der Waals surface area contributed by atoms with Gasteiger partial charge < -0.3 is 5.73 Å². The van der Waals surface area contributed by atoms with E-state index in [9.17, 15) is 0 Å². The summed E-state index contributed by atoms with van der Waals surface area (Å²) < 4.78 is 0.953. The Morgan fingerprint density at radius 3 is 2.85 bits per heavy atom. The number of hydrogen-bond donors (Lipinski definition) is 1. The molecule has 1 aromatic carbocycles. The minimum absolute atomic E-state index is 0.0828. The number of rotatable bonds is 3. The molecule has 1 unspecified atom stereocenters. The van der Waals surface area contributed by atoms with Crippen LogP contribution in [0.15, 0.2) is 35.3 Å². The molecule has 3 heteroatoms. The molecule has 0 aliphatic carbocycles. The van der Waals surface area contributed by atoms with Crippen molar-refractivity contribution >= 4 is 27.5 Å². The first-order chi connectivity index (χ1) is 6.16. The molecule has 1 atom stereocenters. The Bertz CT molecular complexity index is 292. The minimum Gasteiger partial charge on any atom is -0.324 e. The molecule has 2 N–H and O–H groups in total. The summed E-state index contributed by atoms with van der Waals surface area (Å²) in [5.74, 6) is 0. The van der Waals surface area contributed by atoms with E-state index in [0.717, 1.165) is 16.5 Å². The fraction of sp³-hybridized carbons (Fsp3) is 0.200. The van der Waals surface area contributed by atoms with Crippen molar-refractivity contribution in [2.24, 2.45) is 5.73 Å². The number of hydrogen-bond acceptors (Lipinski definition) is 1. The first-order valence-electron chi connectivity index (χ1n) is 3.97. The maximum atomic E-state index is 6.02. The Morgan fingerprint density at radius 1 is 1.62 bits per heavy atom. The molecule has 0 aliphatic rings. The largest absolute Gasteiger partial charge is 0.324 e. The van der Waals surface area contributed by atoms with Crippen LogP contribution in [0.5, 0.6) is 0 Å². The first-order valence-corrected chi connectivity index (χ1v) is 5.14. The molecule has 1 aromatic rings. The van der Waals surface area contributed by atoms with E-state index in [1.807, 2.05) is 18.2 Å². The van der Waals surface area contributed by atoms with Crippen molar-refractivity contribution in [3.05, 3.63) is 45.9 Å². The second-order valence-corrected chi connectivity index (χ2v) is 4.03. The van der Waals surface area contributed by atoms with E-state index in [4.69, 9.17) is 17.3 Å². The van der Waals surface area contributed by atoms with Crippen LogP contribution in [0, 0.1) is 0 Å². The highest BCUT2D eigenvalue weighted by Crippen LogP contribution is 2.30. The van der Waals surface area contributed by atoms with Gasteiger partial charge in [-0.05, 0) is 18.6 Å². The van der Waals surface area contributed by atoms with Gasteiger partial charge in [-0.15, -0.1) is 6.58 Å². The average molecular weight is 261 g/mol. The van der Waals surface area contributed by atoms with E-state index in [-0.39, 0.29) is 6.04 Å². The van der Waals surface area contributed by atoms with Gasteiger partial charge in [-0.3, -0.25) is 0 Å². The van der Waals surface area contributed by atoms with Crippen LogP contribution in [-0.2, 0) is 0 Å². The molecule has 0 aromatic heterocycles. The third-order valence-corrected chi connectivity index (χ3v) is 2.81. The van der Waals surface area contributed by atoms with Crippen LogP contribution >= 0.6 is 27.5 Å². The normalized spacial score (nSPS) is 12.5. The van der Waals surface area contributed by atoms with Crippen LogP contribution in [-0.4, -0.2) is 0 Å². The zero-order chi connectivity index (χ0) is 9.84. The Labute approximate surface area is 91.7 Å². The van der Waals surface area contributed by atoms with E-state index in [1.54, 1.807) is 6.08 Å². The van der Waals surface area contributed by atoms with Crippen LogP contribution in [0.3, 0.4) is 0 Å². The van der Waals surface area contributed by atoms with E-state index in [0.29, 0.717) is 5.02 Å². The zero-order valence-electron chi connectivity index (χ0n) is 7.13. The third-order valence-electron chi connectivity index (χ3n) is 1.79. The highest BCUT2D eigenvalue weighted by atomic mass is 79.9. The van der Waals surface area contributed by atoms with Gasteiger partial charge in [0.15, 0.2) is 0 Å². The monoisotopic (exact) mass is 259 g/mol. The Kier molecular flexibility index (Phi) is 3.97. The van der Waals surface area contributed by atoms with Crippen LogP contribution < -0.4 is 5.73 Å². The lowest BCUT2D eigenvalue weighted by atomic mass is 10.1. The SMILES string of the molecule is C=CCC(N)c1c(Cl)cccc1Br. The molecule has 0 amide bonds. The summed E-state index contributed by atoms with van der Waals surface area (Å²) in [6.45, 7) is 3.65. The summed E-state index contributed by atoms with van der Waals surface area (Å²) in [6.07, 6.45) is 2.52. The lowest BCUT2D eigenvalue weighted by Crippen LogP contribution is -2.10. The standard InChI is InChI=1S/C10H11BrClN/c1-2-4-9(13)10-7(11)5-3-6-8(10)12/h2-3,5-6,9H,1,4,13H2. The van der Waals surface area contributed by atoms with Crippen LogP contribution in [0.1, 0.15) is 18.0 Å². The fourth-order valence-electron chi connectivity index (χ4n) is 1.16. The van der Waals surface area contributed by atoms with Gasteiger partial charge in [-0.1, -0.05) is 39.7 Å². The lowest BCUT2D eigenvalue weighted by Gasteiger charge is -2.13. The van der Waals surface area contributed by atoms with Gasteiger partial charge in [-0.2, -0.15) is 0 Å². The second kappa shape index (κ2) is 4.80. The number of halogens is 2. The molecule has 70 valence electrons. The molecule has 0 heterocycles. The molecular weight excluding hydrogens is 249 g/mol. The fourth-order valence-corrected chi connectivity index (χ4v) is 2.25. The van der Waals surface area contributed by atoms with Gasteiger partial charge in [0.2, 0.25) is 0 Å². The highest BCUT2D eigenvalue weighted by molar-refractivity contribution is 9.10. The maximum absolute atomic E-state index is 6.02. The topological polar surface area (TPSA) is 26.0 Å². The predicted molar refractivity (Wildman–Crippen MR) is 60.9 cm³/mol. The van der Waals surface area contributed by atoms with E-state index in [1.165, 1.54) is 0 Å². The maximum Gasteiger partial charge on any atom is 0.0465 e. The van der Waals surface area contributed by atoms with Gasteiger partial charge in [0, 0.05) is 21.1 Å². The molecule has 0 spiro atoms. The molecular formula is C10H11BrClN. The van der Waals surface area contributed by atoms with Gasteiger partial charge in [0.1, 0.15) is 0 Å². The Morgan fingerprint density at radius 2 is 2.31 bits per heavy atom. The van der Waals surface area contributed by atoms with Crippen molar-refractivity contribution in [3.63, 3.8) is 0 Å². The molecule has 1 nitrogen and oxygen atoms in total. The summed E-state index contributed by atoms with van der Waals surface area (Å²) in [4.78, 5) is 0. The van der Waals surface area contributed by atoms with Crippen molar-refractivity contribution in [2.45, 2.75) is 12.5 Å². The number of benzene rings is 1. The van der Waals surface area contributed by atoms with Crippen molar-refractivity contribution in [1.82, 2.24) is 0 Å². The van der Waals surface area contributed by atoms with E-state index < -0.39 is 0 Å². The highest BCUT2D eigenvalue weighted by Gasteiger charge is 2.11. The second-order valence-electron chi connectivity index (χ2n) is 2.77. The minimum atomic E-state index is -0.0828. The summed E-state index contributed by atoms with van der Waals surface area (Å²) in [5, 5.41) is 0.698. The van der Waals surface area contributed by atoms with E-state index in [2.05, 4.69) is 22.5 Å². The molecule has 1 rings (SSSR count). The summed E-state index contributed by atoms with van der Waals surface area (Å²) >= 11 is 9.43. The molecule has 0 bridgehead atoms. The Hall–Kier alpha value is -0.310. The lowest BCUT2D eigenvalue weighted by molar-refractivity contribution is 0.738. The quantitative estimate of drug-likeness (QED) is 0.825. The van der Waals surface area contributed by atoms with Crippen molar-refractivity contribution in [3.8, 4) is 0 Å². The molecule has 0 saturated heterocycles. The van der Waals surface area contributed by atoms with Gasteiger partial charge >= 0.3 is 0 Å². The molecule has 0 aliphatic heterocycles. The predicted octanol–water partition coefficient (Wildman–Crippen LogP) is 3.68. The number of nitrogens with two attached hydrogens (primary N) is 1. The average Bonchev–Trinajstić information content (AvgIpc) is 2.04. The summed E-state index contributed by atoms with van der Waals surface area (Å²) in [6, 6.07) is 5.58. The van der Waals surface area contributed by atoms with Gasteiger partial charge in [0.25, 0.3) is 0 Å². The van der Waals surface area contributed by atoms with Crippen LogP contribution in [0.2, 0.25) is 5.02 Å². The Balaban J connectivity index is 3.04. The molecule has 0 fully saturated rings. The smallest absolute Gasteiger partial charge is 0.0465 e. The van der Waals surface area contributed by atoms with Gasteiger partial charge in [-0.25, -0.2) is 0 Å². The van der Waals surface area contributed by atoms with Gasteiger partial charge in [0.05, 0.1) is 0 Å². The van der Waals surface area contributed by atoms with Crippen molar-refractivity contribution < 1.29 is 0 Å². The van der Waals surface area contributed by atoms with Crippen molar-refractivity contribution in [2.75, 3.05) is 0 Å². The zero-order valence-corrected chi connectivity index (χ0v) is 9.48. The van der Waals surface area contributed by atoms with Crippen LogP contribution in [0.4, 0.5) is 0 Å². The first kappa shape index (κ1) is 10.8. The van der Waals surface area contributed by atoms with Crippen molar-refractivity contribution in [1.29, 1.82) is 0 Å². The molecule has 13 heavy (non-hydrogen) atoms.